The molecule has 0 spiro atoms. The molecule has 0 amide bonds. The van der Waals surface area contributed by atoms with Crippen LogP contribution in [0.15, 0.2) is 48.8 Å². The quantitative estimate of drug-likeness (QED) is 0.384. The van der Waals surface area contributed by atoms with Crippen LogP contribution in [0.5, 0.6) is 0 Å². The van der Waals surface area contributed by atoms with Gasteiger partial charge in [0.2, 0.25) is 0 Å². The van der Waals surface area contributed by atoms with E-state index >= 15 is 0 Å². The van der Waals surface area contributed by atoms with E-state index in [-0.39, 0.29) is 11.9 Å². The standard InChI is InChI=1S/C12H15N3O2S.C6H5F/c1-15(2)5-3-4-10-6-11(8-13-7-10)12-9-16-17-18-14-12;7-6-4-2-1-3-5-6/h6-8,12,14H,5,9H2,1-2H3;1-5H. The first kappa shape index (κ1) is 19.4. The minimum atomic E-state index is -0.178. The molecule has 0 radical (unpaired) electrons. The number of halogens is 1. The lowest BCUT2D eigenvalue weighted by atomic mass is 10.1. The van der Waals surface area contributed by atoms with Gasteiger partial charge in [0.25, 0.3) is 0 Å². The van der Waals surface area contributed by atoms with E-state index in [0.717, 1.165) is 29.9 Å². The number of hydrogen-bond donors (Lipinski definition) is 1. The highest BCUT2D eigenvalue weighted by molar-refractivity contribution is 7.92. The van der Waals surface area contributed by atoms with Crippen LogP contribution in [0.4, 0.5) is 4.39 Å². The Labute approximate surface area is 151 Å². The van der Waals surface area contributed by atoms with Crippen LogP contribution in [0.25, 0.3) is 0 Å². The second-order valence-corrected chi connectivity index (χ2v) is 5.99. The van der Waals surface area contributed by atoms with E-state index in [1.807, 2.05) is 31.3 Å². The van der Waals surface area contributed by atoms with Crippen LogP contribution < -0.4 is 4.72 Å². The van der Waals surface area contributed by atoms with Gasteiger partial charge in [-0.15, -0.1) is 4.33 Å². The molecule has 1 unspecified atom stereocenters. The first-order chi connectivity index (χ1) is 12.1. The fourth-order valence-electron chi connectivity index (χ4n) is 1.83. The SMILES string of the molecule is CN(C)CC#Cc1cncc(C2COOSN2)c1.Fc1ccccc1. The van der Waals surface area contributed by atoms with Crippen LogP contribution >= 0.6 is 12.2 Å². The maximum atomic E-state index is 11.9. The normalized spacial score (nSPS) is 16.4. The van der Waals surface area contributed by atoms with E-state index < -0.39 is 0 Å². The van der Waals surface area contributed by atoms with Crippen LogP contribution in [0.3, 0.4) is 0 Å². The molecule has 2 aromatic rings. The Morgan fingerprint density at radius 2 is 2.12 bits per heavy atom. The summed E-state index contributed by atoms with van der Waals surface area (Å²) in [5.74, 6) is 6.00. The van der Waals surface area contributed by atoms with Crippen molar-refractivity contribution in [1.82, 2.24) is 14.6 Å². The summed E-state index contributed by atoms with van der Waals surface area (Å²) in [7, 11) is 3.98. The molecule has 1 aliphatic heterocycles. The topological polar surface area (TPSA) is 46.6 Å². The Morgan fingerprint density at radius 3 is 2.72 bits per heavy atom. The van der Waals surface area contributed by atoms with Crippen molar-refractivity contribution in [1.29, 1.82) is 0 Å². The van der Waals surface area contributed by atoms with Crippen molar-refractivity contribution < 1.29 is 13.6 Å². The molecule has 5 nitrogen and oxygen atoms in total. The Balaban J connectivity index is 0.000000269. The van der Waals surface area contributed by atoms with Crippen molar-refractivity contribution in [3.05, 3.63) is 65.7 Å². The molecule has 1 aliphatic rings. The van der Waals surface area contributed by atoms with Gasteiger partial charge < -0.3 is 0 Å². The summed E-state index contributed by atoms with van der Waals surface area (Å²) in [4.78, 5) is 11.1. The average molecular weight is 361 g/mol. The van der Waals surface area contributed by atoms with Gasteiger partial charge in [-0.05, 0) is 37.9 Å². The maximum Gasteiger partial charge on any atom is 0.123 e. The number of aromatic nitrogens is 1. The molecular weight excluding hydrogens is 341 g/mol. The van der Waals surface area contributed by atoms with E-state index in [4.69, 9.17) is 9.22 Å². The number of nitrogens with zero attached hydrogens (tertiary/aromatic N) is 2. The van der Waals surface area contributed by atoms with Crippen molar-refractivity contribution in [2.75, 3.05) is 27.2 Å². The lowest BCUT2D eigenvalue weighted by molar-refractivity contribution is -0.206. The molecular formula is C18H20FN3O2S. The zero-order valence-corrected chi connectivity index (χ0v) is 14.9. The summed E-state index contributed by atoms with van der Waals surface area (Å²) in [5, 5.41) is 0. The second-order valence-electron chi connectivity index (χ2n) is 5.45. The van der Waals surface area contributed by atoms with Gasteiger partial charge in [-0.1, -0.05) is 30.0 Å². The number of rotatable bonds is 2. The smallest absolute Gasteiger partial charge is 0.123 e. The number of pyridine rings is 1. The third-order valence-electron chi connectivity index (χ3n) is 3.03. The first-order valence-electron chi connectivity index (χ1n) is 7.65. The van der Waals surface area contributed by atoms with Gasteiger partial charge in [-0.3, -0.25) is 9.88 Å². The first-order valence-corrected chi connectivity index (χ1v) is 8.39. The monoisotopic (exact) mass is 361 g/mol. The molecule has 2 heterocycles. The van der Waals surface area contributed by atoms with E-state index in [1.54, 1.807) is 24.4 Å². The van der Waals surface area contributed by atoms with Gasteiger partial charge in [0.05, 0.1) is 12.6 Å². The molecule has 25 heavy (non-hydrogen) atoms. The maximum absolute atomic E-state index is 11.9. The van der Waals surface area contributed by atoms with Gasteiger partial charge in [0, 0.05) is 18.0 Å². The summed E-state index contributed by atoms with van der Waals surface area (Å²) in [6.07, 6.45) is 3.57. The predicted octanol–water partition coefficient (Wildman–Crippen LogP) is 2.98. The zero-order valence-electron chi connectivity index (χ0n) is 14.1. The van der Waals surface area contributed by atoms with Crippen molar-refractivity contribution in [2.45, 2.75) is 6.04 Å². The third kappa shape index (κ3) is 7.65. The van der Waals surface area contributed by atoms with Gasteiger partial charge in [0.15, 0.2) is 0 Å². The highest BCUT2D eigenvalue weighted by atomic mass is 32.2. The van der Waals surface area contributed by atoms with Crippen LogP contribution in [0.2, 0.25) is 0 Å². The number of nitrogens with one attached hydrogen (secondary N) is 1. The van der Waals surface area contributed by atoms with E-state index in [9.17, 15) is 4.39 Å². The molecule has 1 aromatic heterocycles. The molecule has 3 rings (SSSR count). The van der Waals surface area contributed by atoms with Crippen LogP contribution in [-0.4, -0.2) is 37.1 Å². The Hall–Kier alpha value is -1.95. The Morgan fingerprint density at radius 1 is 1.32 bits per heavy atom. The second kappa shape index (κ2) is 10.8. The molecule has 0 aliphatic carbocycles. The van der Waals surface area contributed by atoms with Crippen molar-refractivity contribution in [3.8, 4) is 11.8 Å². The highest BCUT2D eigenvalue weighted by Crippen LogP contribution is 2.21. The van der Waals surface area contributed by atoms with Crippen molar-refractivity contribution >= 4 is 12.2 Å². The van der Waals surface area contributed by atoms with Gasteiger partial charge in [-0.25, -0.2) is 14.0 Å². The summed E-state index contributed by atoms with van der Waals surface area (Å²) in [5.41, 5.74) is 1.95. The molecule has 132 valence electrons. The van der Waals surface area contributed by atoms with E-state index in [0.29, 0.717) is 6.61 Å². The molecule has 1 aromatic carbocycles. The molecule has 1 saturated heterocycles. The highest BCUT2D eigenvalue weighted by Gasteiger charge is 2.17. The third-order valence-corrected chi connectivity index (χ3v) is 3.58. The number of hydrogen-bond acceptors (Lipinski definition) is 6. The molecule has 0 bridgehead atoms. The average Bonchev–Trinajstić information content (AvgIpc) is 2.64. The number of benzene rings is 1. The molecule has 0 saturated carbocycles. The summed E-state index contributed by atoms with van der Waals surface area (Å²) in [6.45, 7) is 1.20. The lowest BCUT2D eigenvalue weighted by Crippen LogP contribution is -2.24. The molecule has 1 N–H and O–H groups in total. The van der Waals surface area contributed by atoms with Gasteiger partial charge >= 0.3 is 0 Å². The minimum Gasteiger partial charge on any atom is -0.299 e. The largest absolute Gasteiger partial charge is 0.299 e. The fraction of sp³-hybridized carbons (Fsp3) is 0.278. The minimum absolute atomic E-state index is 0.0758. The van der Waals surface area contributed by atoms with Crippen LogP contribution in [0, 0.1) is 17.7 Å². The van der Waals surface area contributed by atoms with E-state index in [1.165, 1.54) is 12.1 Å². The van der Waals surface area contributed by atoms with E-state index in [2.05, 4.69) is 21.5 Å². The van der Waals surface area contributed by atoms with Crippen LogP contribution in [-0.2, 0) is 9.22 Å². The summed E-state index contributed by atoms with van der Waals surface area (Å²) >= 11 is 1.08. The fourth-order valence-corrected chi connectivity index (χ4v) is 2.29. The Bertz CT molecular complexity index is 698. The Kier molecular flexibility index (Phi) is 8.39. The molecule has 1 atom stereocenters. The summed E-state index contributed by atoms with van der Waals surface area (Å²) in [6, 6.07) is 10.0. The van der Waals surface area contributed by atoms with Gasteiger partial charge in [-0.2, -0.15) is 0 Å². The molecule has 7 heteroatoms. The zero-order chi connectivity index (χ0) is 17.9. The van der Waals surface area contributed by atoms with Crippen molar-refractivity contribution in [3.63, 3.8) is 0 Å². The molecule has 1 fully saturated rings. The van der Waals surface area contributed by atoms with Crippen LogP contribution in [0.1, 0.15) is 17.2 Å². The lowest BCUT2D eigenvalue weighted by Gasteiger charge is -2.20. The van der Waals surface area contributed by atoms with Crippen molar-refractivity contribution in [2.24, 2.45) is 0 Å². The summed E-state index contributed by atoms with van der Waals surface area (Å²) < 4.78 is 19.7. The predicted molar refractivity (Wildman–Crippen MR) is 96.6 cm³/mol. The van der Waals surface area contributed by atoms with Gasteiger partial charge in [0.1, 0.15) is 24.7 Å².